The summed E-state index contributed by atoms with van der Waals surface area (Å²) in [6.45, 7) is 0.0748. The Bertz CT molecular complexity index is 339. The number of hydrogen-bond acceptors (Lipinski definition) is 3. The van der Waals surface area contributed by atoms with E-state index in [1.165, 1.54) is 0 Å². The quantitative estimate of drug-likeness (QED) is 0.685. The van der Waals surface area contributed by atoms with Crippen molar-refractivity contribution in [3.63, 3.8) is 0 Å². The molecule has 4 heteroatoms. The van der Waals surface area contributed by atoms with Crippen LogP contribution in [0.5, 0.6) is 0 Å². The molecule has 1 heterocycles. The fourth-order valence-electron chi connectivity index (χ4n) is 1.49. The number of carbonyl (C=O) groups is 1. The monoisotopic (exact) mass is 179 g/mol. The zero-order valence-corrected chi connectivity index (χ0v) is 7.66. The number of carbonyl (C=O) groups excluding carboxylic acids is 1. The first-order valence-electron chi connectivity index (χ1n) is 4.49. The molecule has 1 aromatic heterocycles. The van der Waals surface area contributed by atoms with Gasteiger partial charge in [0.15, 0.2) is 5.78 Å². The Hall–Kier alpha value is -1.16. The van der Waals surface area contributed by atoms with E-state index in [2.05, 4.69) is 5.10 Å². The van der Waals surface area contributed by atoms with E-state index in [4.69, 9.17) is 5.73 Å². The zero-order chi connectivity index (χ0) is 9.42. The Morgan fingerprint density at radius 1 is 1.77 bits per heavy atom. The lowest BCUT2D eigenvalue weighted by Crippen LogP contribution is -2.14. The first-order chi connectivity index (χ1) is 6.22. The molecule has 0 unspecified atom stereocenters. The van der Waals surface area contributed by atoms with E-state index in [0.717, 1.165) is 18.5 Å². The summed E-state index contributed by atoms with van der Waals surface area (Å²) in [5, 5.41) is 4.28. The van der Waals surface area contributed by atoms with Gasteiger partial charge in [-0.05, 0) is 12.8 Å². The lowest BCUT2D eigenvalue weighted by Gasteiger charge is -1.95. The van der Waals surface area contributed by atoms with Crippen molar-refractivity contribution in [2.24, 2.45) is 12.8 Å². The molecule has 1 saturated carbocycles. The number of nitrogens with two attached hydrogens (primary N) is 1. The van der Waals surface area contributed by atoms with Gasteiger partial charge in [-0.1, -0.05) is 0 Å². The zero-order valence-electron chi connectivity index (χ0n) is 7.66. The molecule has 0 aromatic carbocycles. The summed E-state index contributed by atoms with van der Waals surface area (Å²) < 4.78 is 1.69. The maximum atomic E-state index is 11.4. The Balaban J connectivity index is 2.36. The third-order valence-electron chi connectivity index (χ3n) is 2.31. The summed E-state index contributed by atoms with van der Waals surface area (Å²) in [4.78, 5) is 11.4. The number of Topliss-reactive ketones (excluding diaryl/α,β-unsaturated/α-hetero) is 1. The van der Waals surface area contributed by atoms with Crippen LogP contribution in [0.15, 0.2) is 6.20 Å². The molecule has 13 heavy (non-hydrogen) atoms. The number of aromatic nitrogens is 2. The van der Waals surface area contributed by atoms with Crippen LogP contribution in [0, 0.1) is 0 Å². The van der Waals surface area contributed by atoms with Gasteiger partial charge in [0.25, 0.3) is 0 Å². The molecule has 0 saturated heterocycles. The molecular weight excluding hydrogens is 166 g/mol. The Morgan fingerprint density at radius 3 is 3.00 bits per heavy atom. The average Bonchev–Trinajstić information content (AvgIpc) is 2.89. The highest BCUT2D eigenvalue weighted by Gasteiger charge is 2.30. The summed E-state index contributed by atoms with van der Waals surface area (Å²) in [7, 11) is 1.83. The average molecular weight is 179 g/mol. The third-order valence-corrected chi connectivity index (χ3v) is 2.31. The van der Waals surface area contributed by atoms with Gasteiger partial charge in [-0.25, -0.2) is 0 Å². The highest BCUT2D eigenvalue weighted by molar-refractivity contribution is 5.98. The largest absolute Gasteiger partial charge is 0.324 e. The van der Waals surface area contributed by atoms with E-state index in [-0.39, 0.29) is 12.3 Å². The molecule has 0 aliphatic heterocycles. The normalized spacial score (nSPS) is 16.2. The predicted molar refractivity (Wildman–Crippen MR) is 48.6 cm³/mol. The number of nitrogens with zero attached hydrogens (tertiary/aromatic N) is 2. The van der Waals surface area contributed by atoms with E-state index in [1.54, 1.807) is 10.9 Å². The summed E-state index contributed by atoms with van der Waals surface area (Å²) in [5.74, 6) is 0.502. The molecule has 0 spiro atoms. The van der Waals surface area contributed by atoms with Gasteiger partial charge < -0.3 is 5.73 Å². The predicted octanol–water partition coefficient (Wildman–Crippen LogP) is 0.439. The molecule has 1 aliphatic carbocycles. The molecule has 2 N–H and O–H groups in total. The second kappa shape index (κ2) is 2.96. The van der Waals surface area contributed by atoms with E-state index in [9.17, 15) is 4.79 Å². The second-order valence-corrected chi connectivity index (χ2v) is 3.50. The van der Waals surface area contributed by atoms with Crippen LogP contribution in [0.4, 0.5) is 0 Å². The van der Waals surface area contributed by atoms with Crippen LogP contribution in [0.25, 0.3) is 0 Å². The van der Waals surface area contributed by atoms with Crippen molar-refractivity contribution in [1.82, 2.24) is 9.78 Å². The van der Waals surface area contributed by atoms with E-state index in [1.807, 2.05) is 7.05 Å². The maximum Gasteiger partial charge on any atom is 0.179 e. The fourth-order valence-corrected chi connectivity index (χ4v) is 1.49. The molecule has 1 aliphatic rings. The van der Waals surface area contributed by atoms with Crippen molar-refractivity contribution in [3.8, 4) is 0 Å². The summed E-state index contributed by atoms with van der Waals surface area (Å²) in [6, 6.07) is 0. The van der Waals surface area contributed by atoms with Crippen molar-refractivity contribution in [2.75, 3.05) is 6.54 Å². The molecule has 4 nitrogen and oxygen atoms in total. The number of rotatable bonds is 3. The van der Waals surface area contributed by atoms with Crippen LogP contribution in [0.1, 0.15) is 34.8 Å². The fraction of sp³-hybridized carbons (Fsp3) is 0.556. The standard InChI is InChI=1S/C9H13N3O/c1-12-5-7(8(13)4-10)9(11-12)6-2-3-6/h5-6H,2-4,10H2,1H3. The SMILES string of the molecule is Cn1cc(C(=O)CN)c(C2CC2)n1. The van der Waals surface area contributed by atoms with Crippen LogP contribution in [-0.2, 0) is 7.05 Å². The Morgan fingerprint density at radius 2 is 2.46 bits per heavy atom. The van der Waals surface area contributed by atoms with Crippen LogP contribution < -0.4 is 5.73 Å². The minimum absolute atomic E-state index is 0.00463. The summed E-state index contributed by atoms with van der Waals surface area (Å²) in [6.07, 6.45) is 4.08. The van der Waals surface area contributed by atoms with Crippen molar-refractivity contribution in [2.45, 2.75) is 18.8 Å². The maximum absolute atomic E-state index is 11.4. The molecule has 0 radical (unpaired) electrons. The van der Waals surface area contributed by atoms with Gasteiger partial charge in [0.1, 0.15) is 0 Å². The van der Waals surface area contributed by atoms with Crippen molar-refractivity contribution in [3.05, 3.63) is 17.5 Å². The summed E-state index contributed by atoms with van der Waals surface area (Å²) >= 11 is 0. The smallest absolute Gasteiger partial charge is 0.179 e. The van der Waals surface area contributed by atoms with Gasteiger partial charge >= 0.3 is 0 Å². The first-order valence-corrected chi connectivity index (χ1v) is 4.49. The molecule has 2 rings (SSSR count). The number of hydrogen-bond donors (Lipinski definition) is 1. The lowest BCUT2D eigenvalue weighted by atomic mass is 10.1. The van der Waals surface area contributed by atoms with E-state index >= 15 is 0 Å². The van der Waals surface area contributed by atoms with Crippen LogP contribution in [0.2, 0.25) is 0 Å². The topological polar surface area (TPSA) is 60.9 Å². The Labute approximate surface area is 76.7 Å². The number of ketones is 1. The van der Waals surface area contributed by atoms with Crippen LogP contribution >= 0.6 is 0 Å². The van der Waals surface area contributed by atoms with Gasteiger partial charge in [0.05, 0.1) is 17.8 Å². The van der Waals surface area contributed by atoms with Crippen molar-refractivity contribution >= 4 is 5.78 Å². The summed E-state index contributed by atoms with van der Waals surface area (Å²) in [5.41, 5.74) is 6.97. The van der Waals surface area contributed by atoms with Gasteiger partial charge in [0.2, 0.25) is 0 Å². The number of aryl methyl sites for hydroxylation is 1. The second-order valence-electron chi connectivity index (χ2n) is 3.50. The van der Waals surface area contributed by atoms with Gasteiger partial charge in [-0.3, -0.25) is 9.48 Å². The van der Waals surface area contributed by atoms with Crippen molar-refractivity contribution in [1.29, 1.82) is 0 Å². The molecule has 1 aromatic rings. The molecule has 0 amide bonds. The first kappa shape index (κ1) is 8.44. The van der Waals surface area contributed by atoms with Crippen LogP contribution in [0.3, 0.4) is 0 Å². The molecule has 1 fully saturated rings. The third kappa shape index (κ3) is 1.49. The van der Waals surface area contributed by atoms with Gasteiger partial charge in [-0.2, -0.15) is 5.10 Å². The Kier molecular flexibility index (Phi) is 1.92. The molecular formula is C9H13N3O. The van der Waals surface area contributed by atoms with E-state index < -0.39 is 0 Å². The lowest BCUT2D eigenvalue weighted by molar-refractivity contribution is 0.100. The highest BCUT2D eigenvalue weighted by atomic mass is 16.1. The van der Waals surface area contributed by atoms with Gasteiger partial charge in [0, 0.05) is 19.2 Å². The molecule has 70 valence electrons. The minimum atomic E-state index is -0.00463. The van der Waals surface area contributed by atoms with Crippen molar-refractivity contribution < 1.29 is 4.79 Å². The minimum Gasteiger partial charge on any atom is -0.324 e. The highest BCUT2D eigenvalue weighted by Crippen LogP contribution is 2.40. The van der Waals surface area contributed by atoms with Gasteiger partial charge in [-0.15, -0.1) is 0 Å². The van der Waals surface area contributed by atoms with Crippen LogP contribution in [-0.4, -0.2) is 22.1 Å². The molecule has 0 atom stereocenters. The molecule has 0 bridgehead atoms. The van der Waals surface area contributed by atoms with E-state index in [0.29, 0.717) is 11.5 Å².